The molecule has 0 fully saturated rings. The van der Waals surface area contributed by atoms with Crippen molar-refractivity contribution in [2.75, 3.05) is 16.8 Å². The number of amides is 1. The molecule has 2 aromatic rings. The van der Waals surface area contributed by atoms with Gasteiger partial charge in [-0.15, -0.1) is 23.1 Å². The summed E-state index contributed by atoms with van der Waals surface area (Å²) in [7, 11) is 0. The molecule has 94 valence electrons. The highest BCUT2D eigenvalue weighted by molar-refractivity contribution is 8.00. The Morgan fingerprint density at radius 1 is 1.56 bits per heavy atom. The molecule has 1 aromatic heterocycles. The first-order chi connectivity index (χ1) is 8.65. The average Bonchev–Trinajstić information content (AvgIpc) is 2.83. The number of nitrogens with one attached hydrogen (secondary N) is 1. The fourth-order valence-electron chi connectivity index (χ4n) is 1.19. The van der Waals surface area contributed by atoms with Gasteiger partial charge in [0.05, 0.1) is 11.4 Å². The lowest BCUT2D eigenvalue weighted by Crippen LogP contribution is -2.13. The van der Waals surface area contributed by atoms with Gasteiger partial charge in [-0.1, -0.05) is 0 Å². The van der Waals surface area contributed by atoms with Gasteiger partial charge in [0.25, 0.3) is 0 Å². The van der Waals surface area contributed by atoms with Crippen LogP contribution < -0.4 is 11.1 Å². The van der Waals surface area contributed by atoms with E-state index in [0.29, 0.717) is 10.0 Å². The number of nitrogens with two attached hydrogens (primary N) is 1. The Hall–Kier alpha value is -1.60. The van der Waals surface area contributed by atoms with Gasteiger partial charge in [-0.05, 0) is 18.2 Å². The van der Waals surface area contributed by atoms with Crippen LogP contribution in [0.3, 0.4) is 0 Å². The Morgan fingerprint density at radius 2 is 2.39 bits per heavy atom. The molecule has 0 unspecified atom stereocenters. The Kier molecular flexibility index (Phi) is 4.16. The highest BCUT2D eigenvalue weighted by Crippen LogP contribution is 2.22. The van der Waals surface area contributed by atoms with Crippen molar-refractivity contribution in [3.05, 3.63) is 35.6 Å². The van der Waals surface area contributed by atoms with Gasteiger partial charge in [0.15, 0.2) is 5.13 Å². The fraction of sp³-hybridized carbons (Fsp3) is 0.0909. The van der Waals surface area contributed by atoms with Crippen LogP contribution in [0.4, 0.5) is 15.2 Å². The Bertz CT molecular complexity index is 545. The molecule has 0 aliphatic rings. The zero-order valence-corrected chi connectivity index (χ0v) is 10.9. The number of benzene rings is 1. The van der Waals surface area contributed by atoms with Crippen LogP contribution in [-0.2, 0) is 4.79 Å². The number of thioether (sulfide) groups is 1. The zero-order chi connectivity index (χ0) is 13.0. The molecule has 1 amide bonds. The number of thiazole rings is 1. The predicted molar refractivity (Wildman–Crippen MR) is 72.3 cm³/mol. The van der Waals surface area contributed by atoms with Gasteiger partial charge in [0, 0.05) is 16.5 Å². The van der Waals surface area contributed by atoms with E-state index < -0.39 is 5.82 Å². The lowest BCUT2D eigenvalue weighted by atomic mass is 10.3. The summed E-state index contributed by atoms with van der Waals surface area (Å²) in [4.78, 5) is 16.2. The van der Waals surface area contributed by atoms with Crippen molar-refractivity contribution in [2.24, 2.45) is 0 Å². The van der Waals surface area contributed by atoms with Gasteiger partial charge in [-0.25, -0.2) is 9.37 Å². The molecule has 18 heavy (non-hydrogen) atoms. The largest absolute Gasteiger partial charge is 0.396 e. The van der Waals surface area contributed by atoms with Gasteiger partial charge in [-0.2, -0.15) is 0 Å². The minimum Gasteiger partial charge on any atom is -0.396 e. The van der Waals surface area contributed by atoms with E-state index in [2.05, 4.69) is 10.3 Å². The summed E-state index contributed by atoms with van der Waals surface area (Å²) in [5.41, 5.74) is 5.47. The second-order valence-electron chi connectivity index (χ2n) is 3.36. The van der Waals surface area contributed by atoms with E-state index in [1.54, 1.807) is 17.6 Å². The summed E-state index contributed by atoms with van der Waals surface area (Å²) < 4.78 is 13.2. The number of carbonyl (C=O) groups excluding carboxylic acids is 1. The fourth-order valence-corrected chi connectivity index (χ4v) is 2.45. The molecule has 0 aliphatic heterocycles. The molecule has 0 saturated heterocycles. The summed E-state index contributed by atoms with van der Waals surface area (Å²) in [5.74, 6) is -0.448. The minimum absolute atomic E-state index is 0.103. The first kappa shape index (κ1) is 12.8. The maximum Gasteiger partial charge on any atom is 0.236 e. The molecule has 0 spiro atoms. The number of hydrogen-bond acceptors (Lipinski definition) is 5. The summed E-state index contributed by atoms with van der Waals surface area (Å²) >= 11 is 2.59. The number of anilines is 2. The third-order valence-corrected chi connectivity index (χ3v) is 3.70. The maximum atomic E-state index is 13.2. The van der Waals surface area contributed by atoms with Crippen molar-refractivity contribution in [2.45, 2.75) is 4.90 Å². The molecule has 0 radical (unpaired) electrons. The monoisotopic (exact) mass is 283 g/mol. The molecule has 1 heterocycles. The van der Waals surface area contributed by atoms with Crippen LogP contribution in [0.15, 0.2) is 34.7 Å². The van der Waals surface area contributed by atoms with Gasteiger partial charge in [-0.3, -0.25) is 4.79 Å². The number of rotatable bonds is 4. The second-order valence-corrected chi connectivity index (χ2v) is 5.30. The Balaban J connectivity index is 1.87. The normalized spacial score (nSPS) is 10.3. The lowest BCUT2D eigenvalue weighted by molar-refractivity contribution is -0.113. The van der Waals surface area contributed by atoms with Crippen molar-refractivity contribution in [3.8, 4) is 0 Å². The SMILES string of the molecule is Nc1ccc(SCC(=O)Nc2nccs2)cc1F. The number of carbonyl (C=O) groups is 1. The average molecular weight is 283 g/mol. The van der Waals surface area contributed by atoms with E-state index in [-0.39, 0.29) is 17.3 Å². The standard InChI is InChI=1S/C11H10FN3OS2/c12-8-5-7(1-2-9(8)13)18-6-10(16)15-11-14-3-4-17-11/h1-5H,6,13H2,(H,14,15,16). The van der Waals surface area contributed by atoms with Crippen LogP contribution in [0, 0.1) is 5.82 Å². The summed E-state index contributed by atoms with van der Waals surface area (Å²) in [6, 6.07) is 4.48. The first-order valence-electron chi connectivity index (χ1n) is 5.02. The molecule has 7 heteroatoms. The van der Waals surface area contributed by atoms with Crippen LogP contribution in [0.25, 0.3) is 0 Å². The summed E-state index contributed by atoms with van der Waals surface area (Å²) in [6.45, 7) is 0. The van der Waals surface area contributed by atoms with Gasteiger partial charge in [0.1, 0.15) is 5.82 Å². The van der Waals surface area contributed by atoms with Gasteiger partial charge < -0.3 is 11.1 Å². The smallest absolute Gasteiger partial charge is 0.236 e. The molecular formula is C11H10FN3OS2. The number of aromatic nitrogens is 1. The van der Waals surface area contributed by atoms with Crippen LogP contribution in [0.1, 0.15) is 0 Å². The minimum atomic E-state index is -0.472. The molecule has 4 nitrogen and oxygen atoms in total. The van der Waals surface area contributed by atoms with E-state index >= 15 is 0 Å². The molecule has 0 bridgehead atoms. The predicted octanol–water partition coefficient (Wildman–Crippen LogP) is 2.60. The third-order valence-electron chi connectivity index (χ3n) is 2.02. The van der Waals surface area contributed by atoms with Gasteiger partial charge >= 0.3 is 0 Å². The van der Waals surface area contributed by atoms with E-state index in [9.17, 15) is 9.18 Å². The van der Waals surface area contributed by atoms with E-state index in [1.165, 1.54) is 35.2 Å². The van der Waals surface area contributed by atoms with E-state index in [0.717, 1.165) is 0 Å². The maximum absolute atomic E-state index is 13.2. The molecule has 3 N–H and O–H groups in total. The van der Waals surface area contributed by atoms with Crippen LogP contribution in [-0.4, -0.2) is 16.6 Å². The van der Waals surface area contributed by atoms with Crippen LogP contribution in [0.5, 0.6) is 0 Å². The van der Waals surface area contributed by atoms with Gasteiger partial charge in [0.2, 0.25) is 5.91 Å². The van der Waals surface area contributed by atoms with Crippen LogP contribution in [0.2, 0.25) is 0 Å². The molecule has 0 atom stereocenters. The molecule has 0 aliphatic carbocycles. The van der Waals surface area contributed by atoms with Crippen molar-refractivity contribution < 1.29 is 9.18 Å². The topological polar surface area (TPSA) is 68.0 Å². The summed E-state index contributed by atoms with van der Waals surface area (Å²) in [6.07, 6.45) is 1.61. The van der Waals surface area contributed by atoms with Crippen molar-refractivity contribution in [1.29, 1.82) is 0 Å². The Morgan fingerprint density at radius 3 is 3.06 bits per heavy atom. The second kappa shape index (κ2) is 5.83. The molecule has 1 aromatic carbocycles. The number of hydrogen-bond donors (Lipinski definition) is 2. The molecule has 2 rings (SSSR count). The third kappa shape index (κ3) is 3.44. The van der Waals surface area contributed by atoms with Crippen LogP contribution >= 0.6 is 23.1 Å². The molecule has 0 saturated carbocycles. The highest BCUT2D eigenvalue weighted by atomic mass is 32.2. The van der Waals surface area contributed by atoms with Crippen molar-refractivity contribution >= 4 is 39.8 Å². The molecular weight excluding hydrogens is 273 g/mol. The lowest BCUT2D eigenvalue weighted by Gasteiger charge is -2.03. The van der Waals surface area contributed by atoms with E-state index in [4.69, 9.17) is 5.73 Å². The zero-order valence-electron chi connectivity index (χ0n) is 9.22. The highest BCUT2D eigenvalue weighted by Gasteiger charge is 2.06. The number of nitrogens with zero attached hydrogens (tertiary/aromatic N) is 1. The van der Waals surface area contributed by atoms with Crippen molar-refractivity contribution in [1.82, 2.24) is 4.98 Å². The van der Waals surface area contributed by atoms with Crippen molar-refractivity contribution in [3.63, 3.8) is 0 Å². The number of halogens is 1. The summed E-state index contributed by atoms with van der Waals surface area (Å²) in [5, 5.41) is 4.98. The Labute approximate surface area is 111 Å². The quantitative estimate of drug-likeness (QED) is 0.668. The number of nitrogen functional groups attached to an aromatic ring is 1. The van der Waals surface area contributed by atoms with E-state index in [1.807, 2.05) is 0 Å². The first-order valence-corrected chi connectivity index (χ1v) is 6.89.